The standard InChI is InChI=1S/C10H12O/c1-2-9-7-8-5-3-4-6-10(8)11-9/h2,7H,1,3-6H2. The van der Waals surface area contributed by atoms with Crippen molar-refractivity contribution in [2.45, 2.75) is 25.7 Å². The number of hydrogen-bond donors (Lipinski definition) is 0. The molecule has 0 amide bonds. The van der Waals surface area contributed by atoms with Gasteiger partial charge in [0.15, 0.2) is 0 Å². The molecule has 0 atom stereocenters. The number of furan rings is 1. The van der Waals surface area contributed by atoms with Gasteiger partial charge in [-0.15, -0.1) is 0 Å². The number of hydrogen-bond acceptors (Lipinski definition) is 1. The highest BCUT2D eigenvalue weighted by molar-refractivity contribution is 5.43. The molecule has 58 valence electrons. The maximum atomic E-state index is 5.54. The lowest BCUT2D eigenvalue weighted by Gasteiger charge is -2.07. The summed E-state index contributed by atoms with van der Waals surface area (Å²) in [5.74, 6) is 2.11. The van der Waals surface area contributed by atoms with E-state index in [9.17, 15) is 0 Å². The molecule has 2 rings (SSSR count). The largest absolute Gasteiger partial charge is 0.461 e. The predicted octanol–water partition coefficient (Wildman–Crippen LogP) is 2.80. The van der Waals surface area contributed by atoms with Gasteiger partial charge in [0.05, 0.1) is 0 Å². The third kappa shape index (κ3) is 1.11. The highest BCUT2D eigenvalue weighted by Crippen LogP contribution is 2.24. The van der Waals surface area contributed by atoms with Crippen molar-refractivity contribution in [3.8, 4) is 0 Å². The molecule has 1 heterocycles. The fourth-order valence-corrected chi connectivity index (χ4v) is 1.61. The molecule has 1 nitrogen and oxygen atoms in total. The highest BCUT2D eigenvalue weighted by atomic mass is 16.3. The van der Waals surface area contributed by atoms with Crippen molar-refractivity contribution in [3.63, 3.8) is 0 Å². The van der Waals surface area contributed by atoms with E-state index in [0.29, 0.717) is 0 Å². The Morgan fingerprint density at radius 2 is 2.18 bits per heavy atom. The lowest BCUT2D eigenvalue weighted by atomic mass is 9.99. The summed E-state index contributed by atoms with van der Waals surface area (Å²) in [5.41, 5.74) is 1.39. The monoisotopic (exact) mass is 148 g/mol. The van der Waals surface area contributed by atoms with E-state index in [1.165, 1.54) is 30.6 Å². The van der Waals surface area contributed by atoms with Crippen LogP contribution < -0.4 is 0 Å². The number of rotatable bonds is 1. The van der Waals surface area contributed by atoms with Crippen LogP contribution in [0.5, 0.6) is 0 Å². The van der Waals surface area contributed by atoms with Crippen LogP contribution in [0.2, 0.25) is 0 Å². The second kappa shape index (κ2) is 2.57. The molecule has 0 spiro atoms. The van der Waals surface area contributed by atoms with Crippen LogP contribution >= 0.6 is 0 Å². The fourth-order valence-electron chi connectivity index (χ4n) is 1.61. The molecule has 1 aromatic rings. The molecule has 1 aliphatic carbocycles. The third-order valence-electron chi connectivity index (χ3n) is 2.22. The Kier molecular flexibility index (Phi) is 1.57. The zero-order valence-corrected chi connectivity index (χ0v) is 6.60. The van der Waals surface area contributed by atoms with Crippen LogP contribution in [0.4, 0.5) is 0 Å². The molecule has 11 heavy (non-hydrogen) atoms. The molecule has 0 aromatic carbocycles. The van der Waals surface area contributed by atoms with E-state index >= 15 is 0 Å². The molecule has 1 aliphatic rings. The molecule has 0 unspecified atom stereocenters. The number of fused-ring (bicyclic) bond motifs is 1. The van der Waals surface area contributed by atoms with Crippen molar-refractivity contribution in [2.75, 3.05) is 0 Å². The van der Waals surface area contributed by atoms with Gasteiger partial charge in [-0.1, -0.05) is 6.58 Å². The summed E-state index contributed by atoms with van der Waals surface area (Å²) in [5, 5.41) is 0. The third-order valence-corrected chi connectivity index (χ3v) is 2.22. The van der Waals surface area contributed by atoms with Crippen molar-refractivity contribution in [1.29, 1.82) is 0 Å². The zero-order valence-electron chi connectivity index (χ0n) is 6.60. The Balaban J connectivity index is 2.39. The van der Waals surface area contributed by atoms with Gasteiger partial charge in [0.1, 0.15) is 11.5 Å². The second-order valence-electron chi connectivity index (χ2n) is 3.01. The van der Waals surface area contributed by atoms with E-state index in [-0.39, 0.29) is 0 Å². The summed E-state index contributed by atoms with van der Waals surface area (Å²) in [6.07, 6.45) is 6.66. The van der Waals surface area contributed by atoms with Crippen LogP contribution in [0, 0.1) is 0 Å². The van der Waals surface area contributed by atoms with Gasteiger partial charge in [0.2, 0.25) is 0 Å². The Bertz CT molecular complexity index is 247. The first-order chi connectivity index (χ1) is 5.40. The predicted molar refractivity (Wildman–Crippen MR) is 45.4 cm³/mol. The van der Waals surface area contributed by atoms with Crippen LogP contribution in [0.3, 0.4) is 0 Å². The van der Waals surface area contributed by atoms with E-state index in [2.05, 4.69) is 12.6 Å². The van der Waals surface area contributed by atoms with E-state index in [4.69, 9.17) is 4.42 Å². The Morgan fingerprint density at radius 3 is 2.91 bits per heavy atom. The molecule has 0 radical (unpaired) electrons. The summed E-state index contributed by atoms with van der Waals surface area (Å²) in [6, 6.07) is 2.11. The average molecular weight is 148 g/mol. The summed E-state index contributed by atoms with van der Waals surface area (Å²) < 4.78 is 5.54. The minimum absolute atomic E-state index is 0.928. The quantitative estimate of drug-likeness (QED) is 0.596. The summed E-state index contributed by atoms with van der Waals surface area (Å²) in [4.78, 5) is 0. The van der Waals surface area contributed by atoms with Crippen LogP contribution in [-0.2, 0) is 12.8 Å². The van der Waals surface area contributed by atoms with Crippen LogP contribution in [0.15, 0.2) is 17.1 Å². The topological polar surface area (TPSA) is 13.1 Å². The molecule has 0 saturated heterocycles. The van der Waals surface area contributed by atoms with Gasteiger partial charge in [-0.25, -0.2) is 0 Å². The molecular formula is C10H12O. The summed E-state index contributed by atoms with van der Waals surface area (Å²) >= 11 is 0. The lowest BCUT2D eigenvalue weighted by molar-refractivity contribution is 0.472. The summed E-state index contributed by atoms with van der Waals surface area (Å²) in [7, 11) is 0. The average Bonchev–Trinajstić information content (AvgIpc) is 2.46. The molecule has 1 aromatic heterocycles. The SMILES string of the molecule is C=Cc1cc2c(o1)CCCC2. The van der Waals surface area contributed by atoms with E-state index in [1.807, 2.05) is 0 Å². The van der Waals surface area contributed by atoms with Gasteiger partial charge < -0.3 is 4.42 Å². The second-order valence-corrected chi connectivity index (χ2v) is 3.01. The van der Waals surface area contributed by atoms with Gasteiger partial charge >= 0.3 is 0 Å². The van der Waals surface area contributed by atoms with Crippen molar-refractivity contribution in [1.82, 2.24) is 0 Å². The molecule has 0 aliphatic heterocycles. The Morgan fingerprint density at radius 1 is 1.36 bits per heavy atom. The van der Waals surface area contributed by atoms with E-state index in [0.717, 1.165) is 12.2 Å². The van der Waals surface area contributed by atoms with Crippen molar-refractivity contribution in [2.24, 2.45) is 0 Å². The maximum absolute atomic E-state index is 5.54. The van der Waals surface area contributed by atoms with Crippen molar-refractivity contribution in [3.05, 3.63) is 29.7 Å². The first-order valence-electron chi connectivity index (χ1n) is 4.14. The van der Waals surface area contributed by atoms with Crippen LogP contribution in [0.1, 0.15) is 29.9 Å². The summed E-state index contributed by atoms with van der Waals surface area (Å²) in [6.45, 7) is 3.68. The number of aryl methyl sites for hydroxylation is 2. The smallest absolute Gasteiger partial charge is 0.126 e. The first kappa shape index (κ1) is 6.71. The highest BCUT2D eigenvalue weighted by Gasteiger charge is 2.13. The van der Waals surface area contributed by atoms with Crippen LogP contribution in [0.25, 0.3) is 6.08 Å². The van der Waals surface area contributed by atoms with Gasteiger partial charge in [-0.2, -0.15) is 0 Å². The van der Waals surface area contributed by atoms with Crippen molar-refractivity contribution < 1.29 is 4.42 Å². The van der Waals surface area contributed by atoms with E-state index < -0.39 is 0 Å². The van der Waals surface area contributed by atoms with Crippen molar-refractivity contribution >= 4 is 6.08 Å². The maximum Gasteiger partial charge on any atom is 0.126 e. The molecule has 1 heteroatoms. The molecule has 0 saturated carbocycles. The molecular weight excluding hydrogens is 136 g/mol. The normalized spacial score (nSPS) is 16.0. The van der Waals surface area contributed by atoms with Gasteiger partial charge in [0.25, 0.3) is 0 Å². The molecule has 0 bridgehead atoms. The zero-order chi connectivity index (χ0) is 7.68. The minimum Gasteiger partial charge on any atom is -0.461 e. The first-order valence-corrected chi connectivity index (χ1v) is 4.14. The van der Waals surface area contributed by atoms with E-state index in [1.54, 1.807) is 6.08 Å². The Labute approximate surface area is 66.7 Å². The fraction of sp³-hybridized carbons (Fsp3) is 0.400. The van der Waals surface area contributed by atoms with Gasteiger partial charge in [0, 0.05) is 6.42 Å². The Hall–Kier alpha value is -0.980. The van der Waals surface area contributed by atoms with Gasteiger partial charge in [-0.05, 0) is 37.0 Å². The van der Waals surface area contributed by atoms with Crippen LogP contribution in [-0.4, -0.2) is 0 Å². The molecule has 0 N–H and O–H groups in total. The molecule has 0 fully saturated rings. The minimum atomic E-state index is 0.928. The lowest BCUT2D eigenvalue weighted by Crippen LogP contribution is -1.97. The van der Waals surface area contributed by atoms with Gasteiger partial charge in [-0.3, -0.25) is 0 Å².